The van der Waals surface area contributed by atoms with E-state index >= 15 is 0 Å². The first-order valence-corrected chi connectivity index (χ1v) is 6.97. The van der Waals surface area contributed by atoms with Gasteiger partial charge < -0.3 is 10.4 Å². The van der Waals surface area contributed by atoms with Crippen LogP contribution in [0.25, 0.3) is 0 Å². The van der Waals surface area contributed by atoms with E-state index in [9.17, 15) is 4.79 Å². The molecule has 0 aliphatic rings. The Bertz CT molecular complexity index is 625. The molecule has 0 aliphatic heterocycles. The first-order chi connectivity index (χ1) is 9.01. The van der Waals surface area contributed by atoms with Crippen LogP contribution < -0.4 is 5.32 Å². The quantitative estimate of drug-likeness (QED) is 0.891. The third-order valence-electron chi connectivity index (χ3n) is 2.65. The smallest absolute Gasteiger partial charge is 0.347 e. The van der Waals surface area contributed by atoms with Crippen LogP contribution in [-0.4, -0.2) is 16.1 Å². The van der Waals surface area contributed by atoms with Gasteiger partial charge in [-0.05, 0) is 31.0 Å². The summed E-state index contributed by atoms with van der Waals surface area (Å²) in [6.45, 7) is 3.81. The van der Waals surface area contributed by atoms with E-state index in [0.29, 0.717) is 22.3 Å². The van der Waals surface area contributed by atoms with Crippen LogP contribution >= 0.6 is 22.9 Å². The number of nitrogens with one attached hydrogen (secondary N) is 1. The van der Waals surface area contributed by atoms with Crippen LogP contribution in [0.4, 0.5) is 10.8 Å². The van der Waals surface area contributed by atoms with E-state index in [1.54, 1.807) is 6.07 Å². The Hall–Kier alpha value is -1.59. The molecular formula is C13H13ClN2O2S. The fourth-order valence-electron chi connectivity index (χ4n) is 1.61. The number of hydrogen-bond acceptors (Lipinski definition) is 4. The van der Waals surface area contributed by atoms with Gasteiger partial charge in [0, 0.05) is 10.7 Å². The average molecular weight is 297 g/mol. The van der Waals surface area contributed by atoms with E-state index in [1.807, 2.05) is 26.0 Å². The van der Waals surface area contributed by atoms with Gasteiger partial charge in [-0.25, -0.2) is 9.78 Å². The van der Waals surface area contributed by atoms with Crippen LogP contribution in [0.5, 0.6) is 0 Å². The predicted molar refractivity (Wildman–Crippen MR) is 77.9 cm³/mol. The van der Waals surface area contributed by atoms with Gasteiger partial charge in [0.05, 0.1) is 5.69 Å². The van der Waals surface area contributed by atoms with E-state index in [4.69, 9.17) is 16.7 Å². The Balaban J connectivity index is 2.28. The van der Waals surface area contributed by atoms with E-state index < -0.39 is 5.97 Å². The summed E-state index contributed by atoms with van der Waals surface area (Å²) >= 11 is 7.18. The molecule has 0 unspecified atom stereocenters. The van der Waals surface area contributed by atoms with Gasteiger partial charge in [-0.3, -0.25) is 0 Å². The molecule has 0 bridgehead atoms. The molecule has 0 radical (unpaired) electrons. The number of benzene rings is 1. The van der Waals surface area contributed by atoms with Crippen molar-refractivity contribution in [3.63, 3.8) is 0 Å². The van der Waals surface area contributed by atoms with Crippen LogP contribution in [0.1, 0.15) is 27.9 Å². The van der Waals surface area contributed by atoms with Crippen molar-refractivity contribution in [1.82, 2.24) is 4.98 Å². The minimum atomic E-state index is -0.940. The second-order valence-electron chi connectivity index (χ2n) is 4.04. The molecular weight excluding hydrogens is 284 g/mol. The Morgan fingerprint density at radius 1 is 1.53 bits per heavy atom. The molecule has 0 atom stereocenters. The number of carboxylic acid groups (broad SMARTS) is 1. The van der Waals surface area contributed by atoms with Gasteiger partial charge in [0.25, 0.3) is 0 Å². The number of rotatable bonds is 4. The van der Waals surface area contributed by atoms with Gasteiger partial charge in [-0.2, -0.15) is 0 Å². The van der Waals surface area contributed by atoms with Crippen LogP contribution in [0, 0.1) is 6.92 Å². The number of carboxylic acids is 1. The van der Waals surface area contributed by atoms with Gasteiger partial charge in [0.2, 0.25) is 0 Å². The van der Waals surface area contributed by atoms with Crippen LogP contribution in [0.2, 0.25) is 5.02 Å². The number of thiazole rings is 1. The molecule has 100 valence electrons. The zero-order valence-corrected chi connectivity index (χ0v) is 12.1. The molecule has 2 N–H and O–H groups in total. The topological polar surface area (TPSA) is 62.2 Å². The molecule has 0 saturated carbocycles. The molecule has 1 aromatic heterocycles. The summed E-state index contributed by atoms with van der Waals surface area (Å²) in [6.07, 6.45) is 0.592. The van der Waals surface area contributed by atoms with Crippen molar-refractivity contribution in [2.24, 2.45) is 0 Å². The molecule has 4 nitrogen and oxygen atoms in total. The highest BCUT2D eigenvalue weighted by molar-refractivity contribution is 7.17. The maximum Gasteiger partial charge on any atom is 0.347 e. The molecule has 0 aliphatic carbocycles. The van der Waals surface area contributed by atoms with Crippen molar-refractivity contribution in [3.05, 3.63) is 39.4 Å². The maximum absolute atomic E-state index is 11.1. The molecule has 0 spiro atoms. The summed E-state index contributed by atoms with van der Waals surface area (Å²) in [4.78, 5) is 15.6. The maximum atomic E-state index is 11.1. The summed E-state index contributed by atoms with van der Waals surface area (Å²) < 4.78 is 0. The molecule has 0 amide bonds. The third-order valence-corrected chi connectivity index (χ3v) is 4.06. The zero-order chi connectivity index (χ0) is 14.0. The average Bonchev–Trinajstić information content (AvgIpc) is 2.77. The highest BCUT2D eigenvalue weighted by atomic mass is 35.5. The monoisotopic (exact) mass is 296 g/mol. The minimum absolute atomic E-state index is 0.281. The zero-order valence-electron chi connectivity index (χ0n) is 10.5. The normalized spacial score (nSPS) is 10.5. The number of aromatic nitrogens is 1. The van der Waals surface area contributed by atoms with Crippen molar-refractivity contribution in [1.29, 1.82) is 0 Å². The molecule has 19 heavy (non-hydrogen) atoms. The fraction of sp³-hybridized carbons (Fsp3) is 0.231. The molecule has 0 saturated heterocycles. The standard InChI is InChI=1S/C13H13ClN2O2S/c1-3-10-11(12(17)18)19-13(16-10)15-8-5-4-7(2)9(14)6-8/h4-6H,3H2,1-2H3,(H,15,16)(H,17,18). The summed E-state index contributed by atoms with van der Waals surface area (Å²) in [6, 6.07) is 5.58. The number of carbonyl (C=O) groups is 1. The van der Waals surface area contributed by atoms with E-state index in [2.05, 4.69) is 10.3 Å². The lowest BCUT2D eigenvalue weighted by Gasteiger charge is -2.04. The Morgan fingerprint density at radius 2 is 2.26 bits per heavy atom. The lowest BCUT2D eigenvalue weighted by Crippen LogP contribution is -1.97. The van der Waals surface area contributed by atoms with Crippen LogP contribution in [0.15, 0.2) is 18.2 Å². The number of hydrogen-bond donors (Lipinski definition) is 2. The van der Waals surface area contributed by atoms with Crippen molar-refractivity contribution < 1.29 is 9.90 Å². The van der Waals surface area contributed by atoms with Crippen molar-refractivity contribution in [3.8, 4) is 0 Å². The van der Waals surface area contributed by atoms with E-state index in [1.165, 1.54) is 0 Å². The number of aromatic carboxylic acids is 1. The Morgan fingerprint density at radius 3 is 2.79 bits per heavy atom. The van der Waals surface area contributed by atoms with Crippen molar-refractivity contribution >= 4 is 39.7 Å². The van der Waals surface area contributed by atoms with Crippen molar-refractivity contribution in [2.75, 3.05) is 5.32 Å². The van der Waals surface area contributed by atoms with Crippen LogP contribution in [0.3, 0.4) is 0 Å². The van der Waals surface area contributed by atoms with E-state index in [-0.39, 0.29) is 4.88 Å². The fourth-order valence-corrected chi connectivity index (χ4v) is 2.70. The highest BCUT2D eigenvalue weighted by Crippen LogP contribution is 2.28. The molecule has 2 aromatic rings. The summed E-state index contributed by atoms with van der Waals surface area (Å²) in [5.41, 5.74) is 2.38. The third kappa shape index (κ3) is 3.05. The van der Waals surface area contributed by atoms with Gasteiger partial charge in [-0.1, -0.05) is 35.9 Å². The second-order valence-corrected chi connectivity index (χ2v) is 5.45. The summed E-state index contributed by atoms with van der Waals surface area (Å²) in [5, 5.41) is 13.4. The lowest BCUT2D eigenvalue weighted by atomic mass is 10.2. The summed E-state index contributed by atoms with van der Waals surface area (Å²) in [5.74, 6) is -0.940. The lowest BCUT2D eigenvalue weighted by molar-refractivity contribution is 0.0701. The number of nitrogens with zero attached hydrogens (tertiary/aromatic N) is 1. The van der Waals surface area contributed by atoms with Crippen LogP contribution in [-0.2, 0) is 6.42 Å². The molecule has 1 aromatic carbocycles. The number of aryl methyl sites for hydroxylation is 2. The minimum Gasteiger partial charge on any atom is -0.477 e. The van der Waals surface area contributed by atoms with Gasteiger partial charge in [0.1, 0.15) is 4.88 Å². The molecule has 1 heterocycles. The SMILES string of the molecule is CCc1nc(Nc2ccc(C)c(Cl)c2)sc1C(=O)O. The molecule has 6 heteroatoms. The highest BCUT2D eigenvalue weighted by Gasteiger charge is 2.16. The first-order valence-electron chi connectivity index (χ1n) is 5.77. The van der Waals surface area contributed by atoms with Gasteiger partial charge in [0.15, 0.2) is 5.13 Å². The first kappa shape index (κ1) is 13.8. The molecule has 2 rings (SSSR count). The largest absolute Gasteiger partial charge is 0.477 e. The predicted octanol–water partition coefficient (Wildman–Crippen LogP) is 4.11. The Labute approximate surface area is 120 Å². The van der Waals surface area contributed by atoms with Gasteiger partial charge >= 0.3 is 5.97 Å². The summed E-state index contributed by atoms with van der Waals surface area (Å²) in [7, 11) is 0. The Kier molecular flexibility index (Phi) is 4.07. The van der Waals surface area contributed by atoms with E-state index in [0.717, 1.165) is 22.6 Å². The second kappa shape index (κ2) is 5.59. The number of anilines is 2. The van der Waals surface area contributed by atoms with Gasteiger partial charge in [-0.15, -0.1) is 0 Å². The molecule has 0 fully saturated rings. The number of halogens is 1. The van der Waals surface area contributed by atoms with Crippen molar-refractivity contribution in [2.45, 2.75) is 20.3 Å².